The fraction of sp³-hybridized carbons (Fsp3) is 0.207. The zero-order valence-corrected chi connectivity index (χ0v) is 22.3. The Morgan fingerprint density at radius 3 is 2.66 bits per heavy atom. The summed E-state index contributed by atoms with van der Waals surface area (Å²) in [7, 11) is 3.44. The van der Waals surface area contributed by atoms with Gasteiger partial charge in [0.1, 0.15) is 5.75 Å². The van der Waals surface area contributed by atoms with Crippen LogP contribution in [0.4, 0.5) is 5.69 Å². The zero-order valence-electron chi connectivity index (χ0n) is 21.5. The summed E-state index contributed by atoms with van der Waals surface area (Å²) in [5.41, 5.74) is 5.63. The van der Waals surface area contributed by atoms with Gasteiger partial charge >= 0.3 is 0 Å². The van der Waals surface area contributed by atoms with Crippen LogP contribution in [0.25, 0.3) is 11.6 Å². The molecule has 0 fully saturated rings. The van der Waals surface area contributed by atoms with Crippen molar-refractivity contribution in [3.8, 4) is 5.75 Å². The maximum absolute atomic E-state index is 12.8. The SMILES string of the molecule is C=C(/C=C/c1ccccn1)c1ccc(Sc2cccc(OCCCCC(=O)NO)c2C(=O)NC)cc1NC. The maximum atomic E-state index is 12.8. The molecule has 0 atom stereocenters. The largest absolute Gasteiger partial charge is 0.493 e. The highest BCUT2D eigenvalue weighted by molar-refractivity contribution is 7.99. The molecule has 3 aromatic rings. The van der Waals surface area contributed by atoms with Gasteiger partial charge in [-0.25, -0.2) is 5.48 Å². The number of anilines is 1. The smallest absolute Gasteiger partial charge is 0.255 e. The van der Waals surface area contributed by atoms with E-state index in [9.17, 15) is 9.59 Å². The summed E-state index contributed by atoms with van der Waals surface area (Å²) >= 11 is 1.46. The molecule has 3 rings (SSSR count). The normalized spacial score (nSPS) is 10.7. The molecule has 8 nitrogen and oxygen atoms in total. The number of carbonyl (C=O) groups excluding carboxylic acids is 2. The minimum Gasteiger partial charge on any atom is -0.493 e. The molecule has 0 aliphatic rings. The van der Waals surface area contributed by atoms with Crippen molar-refractivity contribution in [2.45, 2.75) is 29.1 Å². The molecule has 0 bridgehead atoms. The van der Waals surface area contributed by atoms with Crippen molar-refractivity contribution in [3.63, 3.8) is 0 Å². The highest BCUT2D eigenvalue weighted by Crippen LogP contribution is 2.37. The number of nitrogens with one attached hydrogen (secondary N) is 3. The molecule has 0 radical (unpaired) electrons. The zero-order chi connectivity index (χ0) is 27.3. The molecule has 2 aromatic carbocycles. The number of allylic oxidation sites excluding steroid dienone is 2. The Bertz CT molecular complexity index is 1290. The van der Waals surface area contributed by atoms with Crippen LogP contribution in [-0.2, 0) is 4.79 Å². The number of amides is 2. The van der Waals surface area contributed by atoms with Gasteiger partial charge in [0.15, 0.2) is 0 Å². The van der Waals surface area contributed by atoms with E-state index in [1.807, 2.05) is 67.7 Å². The van der Waals surface area contributed by atoms with Gasteiger partial charge in [-0.2, -0.15) is 0 Å². The number of carbonyl (C=O) groups is 2. The Balaban J connectivity index is 1.77. The van der Waals surface area contributed by atoms with Crippen molar-refractivity contribution in [1.29, 1.82) is 0 Å². The molecule has 0 aliphatic carbocycles. The third-order valence-electron chi connectivity index (χ3n) is 5.60. The molecule has 0 aliphatic heterocycles. The van der Waals surface area contributed by atoms with Gasteiger partial charge in [0, 0.05) is 47.8 Å². The third-order valence-corrected chi connectivity index (χ3v) is 6.65. The number of pyridine rings is 1. The average Bonchev–Trinajstić information content (AvgIpc) is 2.95. The summed E-state index contributed by atoms with van der Waals surface area (Å²) in [6.07, 6.45) is 6.97. The van der Waals surface area contributed by atoms with E-state index in [2.05, 4.69) is 22.2 Å². The Morgan fingerprint density at radius 1 is 1.11 bits per heavy atom. The Morgan fingerprint density at radius 2 is 1.95 bits per heavy atom. The molecule has 9 heteroatoms. The number of rotatable bonds is 13. The number of hydrogen-bond donors (Lipinski definition) is 4. The van der Waals surface area contributed by atoms with Crippen LogP contribution in [0.3, 0.4) is 0 Å². The predicted octanol–water partition coefficient (Wildman–Crippen LogP) is 5.42. The molecular weight excluding hydrogens is 500 g/mol. The van der Waals surface area contributed by atoms with Crippen molar-refractivity contribution in [3.05, 3.63) is 90.3 Å². The highest BCUT2D eigenvalue weighted by Gasteiger charge is 2.18. The number of hydroxylamine groups is 1. The van der Waals surface area contributed by atoms with Crippen LogP contribution in [0.1, 0.15) is 40.9 Å². The lowest BCUT2D eigenvalue weighted by atomic mass is 10.0. The van der Waals surface area contributed by atoms with E-state index in [1.54, 1.807) is 24.8 Å². The molecule has 2 amide bonds. The number of benzene rings is 2. The van der Waals surface area contributed by atoms with Crippen LogP contribution in [0.15, 0.2) is 83.2 Å². The Labute approximate surface area is 227 Å². The van der Waals surface area contributed by atoms with Crippen LogP contribution >= 0.6 is 11.8 Å². The van der Waals surface area contributed by atoms with Gasteiger partial charge in [-0.1, -0.05) is 42.6 Å². The van der Waals surface area contributed by atoms with Crippen molar-refractivity contribution in [2.75, 3.05) is 26.0 Å². The van der Waals surface area contributed by atoms with Gasteiger partial charge < -0.3 is 15.4 Å². The van der Waals surface area contributed by atoms with Crippen molar-refractivity contribution < 1.29 is 19.5 Å². The van der Waals surface area contributed by atoms with E-state index >= 15 is 0 Å². The molecule has 198 valence electrons. The first-order valence-electron chi connectivity index (χ1n) is 12.2. The maximum Gasteiger partial charge on any atom is 0.255 e. The molecule has 1 heterocycles. The Hall–Kier alpha value is -4.08. The number of nitrogens with zero attached hydrogens (tertiary/aromatic N) is 1. The molecule has 1 aromatic heterocycles. The lowest BCUT2D eigenvalue weighted by molar-refractivity contribution is -0.129. The second-order valence-corrected chi connectivity index (χ2v) is 9.34. The van der Waals surface area contributed by atoms with Crippen LogP contribution in [-0.4, -0.2) is 42.7 Å². The van der Waals surface area contributed by atoms with Crippen molar-refractivity contribution in [2.24, 2.45) is 0 Å². The third kappa shape index (κ3) is 7.96. The van der Waals surface area contributed by atoms with Gasteiger partial charge in [0.2, 0.25) is 5.91 Å². The summed E-state index contributed by atoms with van der Waals surface area (Å²) in [5.74, 6) is -0.213. The second-order valence-electron chi connectivity index (χ2n) is 8.22. The number of ether oxygens (including phenoxy) is 1. The Kier molecular flexibility index (Phi) is 11.0. The fourth-order valence-electron chi connectivity index (χ4n) is 3.64. The highest BCUT2D eigenvalue weighted by atomic mass is 32.2. The van der Waals surface area contributed by atoms with Gasteiger partial charge in [0.25, 0.3) is 5.91 Å². The lowest BCUT2D eigenvalue weighted by Gasteiger charge is -2.16. The first-order chi connectivity index (χ1) is 18.5. The average molecular weight is 533 g/mol. The number of aromatic nitrogens is 1. The van der Waals surface area contributed by atoms with E-state index in [-0.39, 0.29) is 12.3 Å². The van der Waals surface area contributed by atoms with E-state index in [0.29, 0.717) is 30.8 Å². The van der Waals surface area contributed by atoms with Crippen molar-refractivity contribution in [1.82, 2.24) is 15.8 Å². The van der Waals surface area contributed by atoms with Crippen LogP contribution in [0.5, 0.6) is 5.75 Å². The number of hydrogen-bond acceptors (Lipinski definition) is 7. The molecule has 0 spiro atoms. The standard InChI is InChI=1S/C29H32N4O4S/c1-20(13-14-21-9-4-6-17-32-21)23-16-15-22(19-24(23)30-2)38-26-11-8-10-25(28(26)29(35)31-3)37-18-7-5-12-27(34)33-36/h4,6,8-11,13-17,19,30,36H,1,5,7,12,18H2,2-3H3,(H,31,35)(H,33,34)/b14-13+. The van der Waals surface area contributed by atoms with E-state index in [1.165, 1.54) is 11.8 Å². The minimum absolute atomic E-state index is 0.202. The fourth-order valence-corrected chi connectivity index (χ4v) is 4.65. The van der Waals surface area contributed by atoms with E-state index in [4.69, 9.17) is 9.94 Å². The molecule has 0 unspecified atom stereocenters. The minimum atomic E-state index is -0.436. The van der Waals surface area contributed by atoms with E-state index in [0.717, 1.165) is 32.3 Å². The van der Waals surface area contributed by atoms with Gasteiger partial charge in [-0.05, 0) is 60.9 Å². The van der Waals surface area contributed by atoms with Gasteiger partial charge in [-0.15, -0.1) is 0 Å². The lowest BCUT2D eigenvalue weighted by Crippen LogP contribution is -2.20. The summed E-state index contributed by atoms with van der Waals surface area (Å²) < 4.78 is 5.91. The monoisotopic (exact) mass is 532 g/mol. The summed E-state index contributed by atoms with van der Waals surface area (Å²) in [5, 5.41) is 14.5. The molecular formula is C29H32N4O4S. The van der Waals surface area contributed by atoms with Crippen LogP contribution < -0.4 is 20.9 Å². The topological polar surface area (TPSA) is 113 Å². The summed E-state index contributed by atoms with van der Waals surface area (Å²) in [4.78, 5) is 30.0. The van der Waals surface area contributed by atoms with Crippen molar-refractivity contribution >= 4 is 40.9 Å². The predicted molar refractivity (Wildman–Crippen MR) is 152 cm³/mol. The van der Waals surface area contributed by atoms with Gasteiger partial charge in [-0.3, -0.25) is 19.8 Å². The summed E-state index contributed by atoms with van der Waals surface area (Å²) in [6, 6.07) is 17.3. The molecule has 4 N–H and O–H groups in total. The first-order valence-corrected chi connectivity index (χ1v) is 13.0. The molecule has 0 saturated heterocycles. The second kappa shape index (κ2) is 14.6. The number of unbranched alkanes of at least 4 members (excludes halogenated alkanes) is 1. The van der Waals surface area contributed by atoms with Crippen LogP contribution in [0.2, 0.25) is 0 Å². The van der Waals surface area contributed by atoms with Gasteiger partial charge in [0.05, 0.1) is 17.9 Å². The molecule has 38 heavy (non-hydrogen) atoms. The quantitative estimate of drug-likeness (QED) is 0.101. The van der Waals surface area contributed by atoms with Crippen LogP contribution in [0, 0.1) is 0 Å². The molecule has 0 saturated carbocycles. The summed E-state index contributed by atoms with van der Waals surface area (Å²) in [6.45, 7) is 4.55. The first kappa shape index (κ1) is 28.5. The van der Waals surface area contributed by atoms with E-state index < -0.39 is 5.91 Å².